The SMILES string of the molecule is Cn1nccc1[C@H]1CCC(F)(F)C[C@@H]1[O]. The Morgan fingerprint density at radius 2 is 2.33 bits per heavy atom. The molecule has 0 amide bonds. The summed E-state index contributed by atoms with van der Waals surface area (Å²) >= 11 is 0. The third-order valence-electron chi connectivity index (χ3n) is 3.01. The van der Waals surface area contributed by atoms with Gasteiger partial charge in [-0.05, 0) is 12.5 Å². The molecule has 1 radical (unpaired) electrons. The highest BCUT2D eigenvalue weighted by molar-refractivity contribution is 5.11. The van der Waals surface area contributed by atoms with E-state index in [1.807, 2.05) is 0 Å². The maximum absolute atomic E-state index is 12.9. The van der Waals surface area contributed by atoms with Crippen LogP contribution in [-0.4, -0.2) is 21.8 Å². The Bertz CT molecular complexity index is 351. The second kappa shape index (κ2) is 3.56. The molecule has 3 nitrogen and oxygen atoms in total. The summed E-state index contributed by atoms with van der Waals surface area (Å²) in [5, 5.41) is 15.6. The molecule has 15 heavy (non-hydrogen) atoms. The zero-order chi connectivity index (χ0) is 11.1. The van der Waals surface area contributed by atoms with E-state index in [0.717, 1.165) is 5.69 Å². The first kappa shape index (κ1) is 10.5. The molecule has 0 aromatic carbocycles. The van der Waals surface area contributed by atoms with Crippen LogP contribution >= 0.6 is 0 Å². The second-order valence-corrected chi connectivity index (χ2v) is 4.12. The molecule has 1 aromatic heterocycles. The van der Waals surface area contributed by atoms with E-state index in [1.54, 1.807) is 24.0 Å². The molecule has 0 bridgehead atoms. The Balaban J connectivity index is 2.16. The highest BCUT2D eigenvalue weighted by Crippen LogP contribution is 2.41. The average molecular weight is 215 g/mol. The van der Waals surface area contributed by atoms with Gasteiger partial charge in [0.1, 0.15) is 6.10 Å². The van der Waals surface area contributed by atoms with Crippen LogP contribution in [0.3, 0.4) is 0 Å². The lowest BCUT2D eigenvalue weighted by atomic mass is 9.82. The molecule has 1 aliphatic rings. The van der Waals surface area contributed by atoms with Gasteiger partial charge in [0, 0.05) is 37.7 Å². The lowest BCUT2D eigenvalue weighted by molar-refractivity contribution is -0.103. The minimum Gasteiger partial charge on any atom is -0.272 e. The van der Waals surface area contributed by atoms with Gasteiger partial charge in [0.2, 0.25) is 0 Å². The average Bonchev–Trinajstić information content (AvgIpc) is 2.50. The minimum absolute atomic E-state index is 0.193. The smallest absolute Gasteiger partial charge is 0.250 e. The molecule has 1 fully saturated rings. The third-order valence-corrected chi connectivity index (χ3v) is 3.01. The topological polar surface area (TPSA) is 37.7 Å². The van der Waals surface area contributed by atoms with Crippen molar-refractivity contribution in [1.29, 1.82) is 0 Å². The first-order valence-corrected chi connectivity index (χ1v) is 5.01. The van der Waals surface area contributed by atoms with Crippen LogP contribution in [0.5, 0.6) is 0 Å². The largest absolute Gasteiger partial charge is 0.272 e. The molecule has 0 saturated heterocycles. The van der Waals surface area contributed by atoms with E-state index in [4.69, 9.17) is 0 Å². The Morgan fingerprint density at radius 1 is 1.60 bits per heavy atom. The van der Waals surface area contributed by atoms with E-state index in [-0.39, 0.29) is 18.8 Å². The van der Waals surface area contributed by atoms with Crippen molar-refractivity contribution in [2.24, 2.45) is 7.05 Å². The fourth-order valence-electron chi connectivity index (χ4n) is 2.18. The maximum atomic E-state index is 12.9. The number of rotatable bonds is 1. The van der Waals surface area contributed by atoms with Crippen LogP contribution in [0.4, 0.5) is 8.78 Å². The summed E-state index contributed by atoms with van der Waals surface area (Å²) in [4.78, 5) is 0. The van der Waals surface area contributed by atoms with E-state index < -0.39 is 18.4 Å². The number of hydrogen-bond donors (Lipinski definition) is 0. The number of alkyl halides is 2. The Morgan fingerprint density at radius 3 is 2.87 bits per heavy atom. The second-order valence-electron chi connectivity index (χ2n) is 4.12. The quantitative estimate of drug-likeness (QED) is 0.707. The van der Waals surface area contributed by atoms with Crippen molar-refractivity contribution >= 4 is 0 Å². The predicted octanol–water partition coefficient (Wildman–Crippen LogP) is 2.12. The Kier molecular flexibility index (Phi) is 2.50. The molecule has 0 aliphatic heterocycles. The summed E-state index contributed by atoms with van der Waals surface area (Å²) in [6, 6.07) is 1.74. The van der Waals surface area contributed by atoms with Crippen LogP contribution < -0.4 is 0 Å². The Labute approximate surface area is 86.7 Å². The van der Waals surface area contributed by atoms with E-state index in [1.165, 1.54) is 0 Å². The van der Waals surface area contributed by atoms with Gasteiger partial charge in [0.25, 0.3) is 5.92 Å². The molecule has 1 aromatic rings. The standard InChI is InChI=1S/C10H13F2N2O/c1-14-8(3-5-13-14)7-2-4-10(11,12)6-9(7)15/h3,5,7,9H,2,4,6H2,1H3/t7-,9+/m1/s1. The third kappa shape index (κ3) is 2.02. The molecule has 5 heteroatoms. The fraction of sp³-hybridized carbons (Fsp3) is 0.700. The lowest BCUT2D eigenvalue weighted by Gasteiger charge is -2.31. The minimum atomic E-state index is -2.78. The summed E-state index contributed by atoms with van der Waals surface area (Å²) in [5.41, 5.74) is 0.769. The first-order valence-electron chi connectivity index (χ1n) is 5.01. The molecule has 2 atom stereocenters. The number of aryl methyl sites for hydroxylation is 1. The van der Waals surface area contributed by atoms with Gasteiger partial charge in [0.15, 0.2) is 0 Å². The molecule has 2 rings (SSSR count). The first-order chi connectivity index (χ1) is 6.99. The molecule has 1 saturated carbocycles. The van der Waals surface area contributed by atoms with Crippen LogP contribution in [0.1, 0.15) is 30.9 Å². The summed E-state index contributed by atoms with van der Waals surface area (Å²) in [7, 11) is 1.73. The van der Waals surface area contributed by atoms with Gasteiger partial charge in [-0.2, -0.15) is 5.10 Å². The monoisotopic (exact) mass is 215 g/mol. The Hall–Kier alpha value is -0.970. The molecule has 0 unspecified atom stereocenters. The van der Waals surface area contributed by atoms with E-state index in [9.17, 15) is 13.9 Å². The number of hydrogen-bond acceptors (Lipinski definition) is 1. The van der Waals surface area contributed by atoms with Gasteiger partial charge in [-0.3, -0.25) is 4.68 Å². The van der Waals surface area contributed by atoms with Crippen LogP contribution in [0.15, 0.2) is 12.3 Å². The number of aromatic nitrogens is 2. The van der Waals surface area contributed by atoms with Crippen LogP contribution in [0, 0.1) is 0 Å². The van der Waals surface area contributed by atoms with E-state index in [0.29, 0.717) is 0 Å². The number of nitrogens with zero attached hydrogens (tertiary/aromatic N) is 2. The van der Waals surface area contributed by atoms with Crippen LogP contribution in [0.2, 0.25) is 0 Å². The fourth-order valence-corrected chi connectivity index (χ4v) is 2.18. The summed E-state index contributed by atoms with van der Waals surface area (Å²) in [5.74, 6) is -3.10. The molecular formula is C10H13F2N2O. The normalized spacial score (nSPS) is 30.4. The van der Waals surface area contributed by atoms with Gasteiger partial charge in [-0.25, -0.2) is 13.9 Å². The summed E-state index contributed by atoms with van der Waals surface area (Å²) in [6.45, 7) is 0. The summed E-state index contributed by atoms with van der Waals surface area (Å²) < 4.78 is 27.5. The maximum Gasteiger partial charge on any atom is 0.250 e. The van der Waals surface area contributed by atoms with E-state index in [2.05, 4.69) is 5.10 Å². The summed E-state index contributed by atoms with van der Waals surface area (Å²) in [6.07, 6.45) is -0.121. The zero-order valence-electron chi connectivity index (χ0n) is 8.49. The van der Waals surface area contributed by atoms with Gasteiger partial charge >= 0.3 is 0 Å². The van der Waals surface area contributed by atoms with Crippen molar-refractivity contribution in [2.45, 2.75) is 37.2 Å². The van der Waals surface area contributed by atoms with Gasteiger partial charge < -0.3 is 0 Å². The van der Waals surface area contributed by atoms with E-state index >= 15 is 0 Å². The molecule has 1 aliphatic carbocycles. The van der Waals surface area contributed by atoms with Crippen molar-refractivity contribution in [2.75, 3.05) is 0 Å². The number of halogens is 2. The van der Waals surface area contributed by atoms with Crippen molar-refractivity contribution in [1.82, 2.24) is 9.78 Å². The molecule has 0 spiro atoms. The molecular weight excluding hydrogens is 202 g/mol. The van der Waals surface area contributed by atoms with Crippen LogP contribution in [0.25, 0.3) is 0 Å². The molecule has 83 valence electrons. The van der Waals surface area contributed by atoms with Gasteiger partial charge in [-0.1, -0.05) is 0 Å². The highest BCUT2D eigenvalue weighted by Gasteiger charge is 2.42. The zero-order valence-corrected chi connectivity index (χ0v) is 8.49. The molecule has 0 N–H and O–H groups in total. The van der Waals surface area contributed by atoms with Crippen molar-refractivity contribution < 1.29 is 13.9 Å². The molecule has 1 heterocycles. The highest BCUT2D eigenvalue weighted by atomic mass is 19.3. The van der Waals surface area contributed by atoms with Crippen molar-refractivity contribution in [3.8, 4) is 0 Å². The van der Waals surface area contributed by atoms with Gasteiger partial charge in [-0.15, -0.1) is 0 Å². The van der Waals surface area contributed by atoms with Crippen molar-refractivity contribution in [3.05, 3.63) is 18.0 Å². The predicted molar refractivity (Wildman–Crippen MR) is 49.2 cm³/mol. The van der Waals surface area contributed by atoms with Crippen molar-refractivity contribution in [3.63, 3.8) is 0 Å². The van der Waals surface area contributed by atoms with Crippen LogP contribution in [-0.2, 0) is 12.2 Å². The lowest BCUT2D eigenvalue weighted by Crippen LogP contribution is -2.34. The van der Waals surface area contributed by atoms with Gasteiger partial charge in [0.05, 0.1) is 0 Å².